The summed E-state index contributed by atoms with van der Waals surface area (Å²) in [6, 6.07) is 9.38. The van der Waals surface area contributed by atoms with Crippen molar-refractivity contribution >= 4 is 5.91 Å². The first-order chi connectivity index (χ1) is 8.26. The second-order valence-corrected chi connectivity index (χ2v) is 3.76. The van der Waals surface area contributed by atoms with E-state index in [2.05, 4.69) is 16.7 Å². The SMILES string of the molecule is CCCNC(=O)CNCc1ccc(C#N)cc1. The highest BCUT2D eigenvalue weighted by Gasteiger charge is 1.99. The van der Waals surface area contributed by atoms with Crippen LogP contribution in [-0.2, 0) is 11.3 Å². The molecule has 1 rings (SSSR count). The molecule has 0 radical (unpaired) electrons. The van der Waals surface area contributed by atoms with Gasteiger partial charge in [0.15, 0.2) is 0 Å². The second-order valence-electron chi connectivity index (χ2n) is 3.76. The van der Waals surface area contributed by atoms with Crippen LogP contribution in [0.25, 0.3) is 0 Å². The van der Waals surface area contributed by atoms with Crippen molar-refractivity contribution in [1.29, 1.82) is 5.26 Å². The van der Waals surface area contributed by atoms with Gasteiger partial charge in [0.2, 0.25) is 5.91 Å². The molecule has 4 nitrogen and oxygen atoms in total. The second kappa shape index (κ2) is 7.42. The van der Waals surface area contributed by atoms with Crippen LogP contribution in [0.15, 0.2) is 24.3 Å². The summed E-state index contributed by atoms with van der Waals surface area (Å²) in [7, 11) is 0. The lowest BCUT2D eigenvalue weighted by Crippen LogP contribution is -2.33. The zero-order valence-electron chi connectivity index (χ0n) is 9.99. The van der Waals surface area contributed by atoms with Gasteiger partial charge in [-0.25, -0.2) is 0 Å². The molecule has 0 aromatic heterocycles. The van der Waals surface area contributed by atoms with E-state index in [-0.39, 0.29) is 5.91 Å². The molecule has 90 valence electrons. The van der Waals surface area contributed by atoms with Crippen molar-refractivity contribution < 1.29 is 4.79 Å². The van der Waals surface area contributed by atoms with E-state index in [1.165, 1.54) is 0 Å². The molecule has 17 heavy (non-hydrogen) atoms. The number of carbonyl (C=O) groups excluding carboxylic acids is 1. The molecular formula is C13H17N3O. The maximum atomic E-state index is 11.3. The number of hydrogen-bond acceptors (Lipinski definition) is 3. The van der Waals surface area contributed by atoms with E-state index < -0.39 is 0 Å². The van der Waals surface area contributed by atoms with E-state index in [9.17, 15) is 4.79 Å². The van der Waals surface area contributed by atoms with Crippen LogP contribution >= 0.6 is 0 Å². The van der Waals surface area contributed by atoms with Gasteiger partial charge in [0.25, 0.3) is 0 Å². The van der Waals surface area contributed by atoms with Crippen molar-refractivity contribution in [1.82, 2.24) is 10.6 Å². The lowest BCUT2D eigenvalue weighted by molar-refractivity contribution is -0.120. The standard InChI is InChI=1S/C13H17N3O/c1-2-7-16-13(17)10-15-9-12-5-3-11(8-14)4-6-12/h3-6,15H,2,7,9-10H2,1H3,(H,16,17). The van der Waals surface area contributed by atoms with Gasteiger partial charge in [-0.1, -0.05) is 19.1 Å². The van der Waals surface area contributed by atoms with Crippen molar-refractivity contribution in [3.05, 3.63) is 35.4 Å². The van der Waals surface area contributed by atoms with Gasteiger partial charge in [0.05, 0.1) is 18.2 Å². The smallest absolute Gasteiger partial charge is 0.233 e. The third-order valence-electron chi connectivity index (χ3n) is 2.27. The molecule has 0 aliphatic rings. The number of benzene rings is 1. The summed E-state index contributed by atoms with van der Waals surface area (Å²) >= 11 is 0. The zero-order valence-corrected chi connectivity index (χ0v) is 9.99. The predicted molar refractivity (Wildman–Crippen MR) is 66.2 cm³/mol. The maximum absolute atomic E-state index is 11.3. The quantitative estimate of drug-likeness (QED) is 0.772. The summed E-state index contributed by atoms with van der Waals surface area (Å²) in [6.45, 7) is 3.69. The van der Waals surface area contributed by atoms with Crippen molar-refractivity contribution in [3.63, 3.8) is 0 Å². The Labute approximate surface area is 102 Å². The Morgan fingerprint density at radius 3 is 2.65 bits per heavy atom. The Hall–Kier alpha value is -1.86. The highest BCUT2D eigenvalue weighted by atomic mass is 16.1. The predicted octanol–water partition coefficient (Wildman–Crippen LogP) is 1.17. The topological polar surface area (TPSA) is 64.9 Å². The van der Waals surface area contributed by atoms with E-state index in [0.29, 0.717) is 18.7 Å². The first-order valence-electron chi connectivity index (χ1n) is 5.72. The lowest BCUT2D eigenvalue weighted by Gasteiger charge is -2.05. The molecule has 0 saturated heterocycles. The van der Waals surface area contributed by atoms with Crippen LogP contribution in [0.1, 0.15) is 24.5 Å². The van der Waals surface area contributed by atoms with Gasteiger partial charge in [-0.05, 0) is 24.1 Å². The molecule has 4 heteroatoms. The summed E-state index contributed by atoms with van der Waals surface area (Å²) in [6.07, 6.45) is 0.946. The van der Waals surface area contributed by atoms with Crippen LogP contribution in [0.3, 0.4) is 0 Å². The Kier molecular flexibility index (Phi) is 5.76. The lowest BCUT2D eigenvalue weighted by atomic mass is 10.1. The average molecular weight is 231 g/mol. The van der Waals surface area contributed by atoms with Crippen LogP contribution in [-0.4, -0.2) is 19.0 Å². The van der Waals surface area contributed by atoms with Gasteiger partial charge in [-0.2, -0.15) is 5.26 Å². The third-order valence-corrected chi connectivity index (χ3v) is 2.27. The summed E-state index contributed by atoms with van der Waals surface area (Å²) in [5.74, 6) is 0.0143. The first kappa shape index (κ1) is 13.2. The molecule has 1 amide bonds. The minimum Gasteiger partial charge on any atom is -0.355 e. The Balaban J connectivity index is 2.26. The van der Waals surface area contributed by atoms with Crippen molar-refractivity contribution in [2.45, 2.75) is 19.9 Å². The minimum atomic E-state index is 0.0143. The van der Waals surface area contributed by atoms with Crippen molar-refractivity contribution in [3.8, 4) is 6.07 Å². The van der Waals surface area contributed by atoms with Crippen LogP contribution < -0.4 is 10.6 Å². The van der Waals surface area contributed by atoms with Gasteiger partial charge in [-0.3, -0.25) is 4.79 Å². The van der Waals surface area contributed by atoms with Crippen molar-refractivity contribution in [2.24, 2.45) is 0 Å². The molecule has 0 aliphatic heterocycles. The monoisotopic (exact) mass is 231 g/mol. The fraction of sp³-hybridized carbons (Fsp3) is 0.385. The number of carbonyl (C=O) groups is 1. The molecule has 0 spiro atoms. The Bertz CT molecular complexity index is 392. The summed E-state index contributed by atoms with van der Waals surface area (Å²) in [5.41, 5.74) is 1.71. The number of nitriles is 1. The number of amides is 1. The molecule has 0 atom stereocenters. The molecule has 1 aromatic carbocycles. The molecule has 2 N–H and O–H groups in total. The van der Waals surface area contributed by atoms with Gasteiger partial charge in [0.1, 0.15) is 0 Å². The first-order valence-corrected chi connectivity index (χ1v) is 5.72. The van der Waals surface area contributed by atoms with E-state index in [0.717, 1.165) is 18.5 Å². The van der Waals surface area contributed by atoms with Gasteiger partial charge >= 0.3 is 0 Å². The number of hydrogen-bond donors (Lipinski definition) is 2. The molecule has 0 aliphatic carbocycles. The molecular weight excluding hydrogens is 214 g/mol. The minimum absolute atomic E-state index is 0.0143. The molecule has 0 heterocycles. The average Bonchev–Trinajstić information content (AvgIpc) is 2.37. The van der Waals surface area contributed by atoms with Crippen LogP contribution in [0, 0.1) is 11.3 Å². The third kappa shape index (κ3) is 5.14. The maximum Gasteiger partial charge on any atom is 0.233 e. The van der Waals surface area contributed by atoms with E-state index in [1.807, 2.05) is 19.1 Å². The van der Waals surface area contributed by atoms with E-state index in [4.69, 9.17) is 5.26 Å². The number of rotatable bonds is 6. The fourth-order valence-electron chi connectivity index (χ4n) is 1.34. The fourth-order valence-corrected chi connectivity index (χ4v) is 1.34. The van der Waals surface area contributed by atoms with Crippen molar-refractivity contribution in [2.75, 3.05) is 13.1 Å². The molecule has 1 aromatic rings. The van der Waals surface area contributed by atoms with Gasteiger partial charge in [0, 0.05) is 13.1 Å². The summed E-state index contributed by atoms with van der Waals surface area (Å²) in [4.78, 5) is 11.3. The zero-order chi connectivity index (χ0) is 12.5. The summed E-state index contributed by atoms with van der Waals surface area (Å²) in [5, 5.41) is 14.5. The normalized spacial score (nSPS) is 9.65. The highest BCUT2D eigenvalue weighted by Crippen LogP contribution is 2.02. The number of nitrogens with zero attached hydrogens (tertiary/aromatic N) is 1. The Morgan fingerprint density at radius 2 is 2.06 bits per heavy atom. The molecule has 0 fully saturated rings. The van der Waals surface area contributed by atoms with E-state index in [1.54, 1.807) is 12.1 Å². The molecule has 0 saturated carbocycles. The van der Waals surface area contributed by atoms with Crippen LogP contribution in [0.5, 0.6) is 0 Å². The highest BCUT2D eigenvalue weighted by molar-refractivity contribution is 5.77. The number of nitrogens with one attached hydrogen (secondary N) is 2. The van der Waals surface area contributed by atoms with Gasteiger partial charge in [-0.15, -0.1) is 0 Å². The largest absolute Gasteiger partial charge is 0.355 e. The molecule has 0 unspecified atom stereocenters. The molecule has 0 bridgehead atoms. The van der Waals surface area contributed by atoms with Crippen LogP contribution in [0.4, 0.5) is 0 Å². The van der Waals surface area contributed by atoms with Gasteiger partial charge < -0.3 is 10.6 Å². The van der Waals surface area contributed by atoms with E-state index >= 15 is 0 Å². The Morgan fingerprint density at radius 1 is 1.35 bits per heavy atom. The van der Waals surface area contributed by atoms with Crippen LogP contribution in [0.2, 0.25) is 0 Å². The summed E-state index contributed by atoms with van der Waals surface area (Å²) < 4.78 is 0.